The van der Waals surface area contributed by atoms with Gasteiger partial charge in [-0.3, -0.25) is 4.79 Å². The molecule has 6 heteroatoms. The predicted molar refractivity (Wildman–Crippen MR) is 102 cm³/mol. The number of hydrogen-bond acceptors (Lipinski definition) is 4. The quantitative estimate of drug-likeness (QED) is 0.896. The number of amides is 1. The van der Waals surface area contributed by atoms with Crippen LogP contribution in [0.1, 0.15) is 48.8 Å². The van der Waals surface area contributed by atoms with Crippen molar-refractivity contribution in [2.45, 2.75) is 45.1 Å². The Balaban J connectivity index is 1.73. The lowest BCUT2D eigenvalue weighted by atomic mass is 9.75. The van der Waals surface area contributed by atoms with Crippen LogP contribution in [-0.4, -0.2) is 52.0 Å². The smallest absolute Gasteiger partial charge is 0.273 e. The molecule has 1 aromatic carbocycles. The molecule has 2 aromatic rings. The predicted octanol–water partition coefficient (Wildman–Crippen LogP) is 2.82. The molecule has 1 N–H and O–H groups in total. The fourth-order valence-electron chi connectivity index (χ4n) is 3.95. The number of aryl methyl sites for hydroxylation is 1. The number of benzene rings is 1. The van der Waals surface area contributed by atoms with E-state index in [4.69, 9.17) is 0 Å². The van der Waals surface area contributed by atoms with Gasteiger partial charge in [0, 0.05) is 12.1 Å². The van der Waals surface area contributed by atoms with E-state index >= 15 is 0 Å². The molecule has 3 rings (SSSR count). The highest BCUT2D eigenvalue weighted by molar-refractivity contribution is 5.93. The maximum Gasteiger partial charge on any atom is 0.273 e. The van der Waals surface area contributed by atoms with Crippen LogP contribution >= 0.6 is 0 Å². The first-order chi connectivity index (χ1) is 12.4. The molecule has 140 valence electrons. The fourth-order valence-corrected chi connectivity index (χ4v) is 3.95. The third kappa shape index (κ3) is 3.80. The van der Waals surface area contributed by atoms with Crippen LogP contribution in [0.5, 0.6) is 0 Å². The molecule has 1 aliphatic rings. The number of carbonyl (C=O) groups excluding carboxylic acids is 1. The second-order valence-corrected chi connectivity index (χ2v) is 7.76. The van der Waals surface area contributed by atoms with Gasteiger partial charge in [0.1, 0.15) is 0 Å². The summed E-state index contributed by atoms with van der Waals surface area (Å²) in [4.78, 5) is 16.6. The number of likely N-dealkylation sites (N-methyl/N-ethyl adjacent to an activating group) is 1. The molecule has 0 bridgehead atoms. The molecular formula is C20H29N5O. The molecule has 6 nitrogen and oxygen atoms in total. The molecule has 0 spiro atoms. The number of carbonyl (C=O) groups is 1. The van der Waals surface area contributed by atoms with E-state index in [2.05, 4.69) is 41.4 Å². The minimum atomic E-state index is -0.149. The highest BCUT2D eigenvalue weighted by atomic mass is 16.2. The normalized spacial score (nSPS) is 23.2. The van der Waals surface area contributed by atoms with Crippen LogP contribution in [0.25, 0.3) is 5.69 Å². The minimum Gasteiger partial charge on any atom is -0.349 e. The van der Waals surface area contributed by atoms with Crippen LogP contribution in [0.2, 0.25) is 0 Å². The Morgan fingerprint density at radius 1 is 1.31 bits per heavy atom. The first kappa shape index (κ1) is 18.6. The van der Waals surface area contributed by atoms with Gasteiger partial charge in [-0.05, 0) is 51.9 Å². The molecule has 26 heavy (non-hydrogen) atoms. The zero-order valence-electron chi connectivity index (χ0n) is 16.2. The van der Waals surface area contributed by atoms with Crippen molar-refractivity contribution in [3.63, 3.8) is 0 Å². The summed E-state index contributed by atoms with van der Waals surface area (Å²) in [7, 11) is 4.22. The van der Waals surface area contributed by atoms with Gasteiger partial charge in [0.2, 0.25) is 0 Å². The first-order valence-corrected chi connectivity index (χ1v) is 9.36. The van der Waals surface area contributed by atoms with E-state index in [1.807, 2.05) is 37.3 Å². The van der Waals surface area contributed by atoms with E-state index in [0.717, 1.165) is 18.5 Å². The average Bonchev–Trinajstić information content (AvgIpc) is 3.02. The number of aromatic nitrogens is 3. The molecule has 0 unspecified atom stereocenters. The van der Waals surface area contributed by atoms with Gasteiger partial charge in [0.25, 0.3) is 5.91 Å². The zero-order valence-corrected chi connectivity index (χ0v) is 16.2. The molecule has 1 heterocycles. The van der Waals surface area contributed by atoms with E-state index in [9.17, 15) is 4.79 Å². The molecule has 0 radical (unpaired) electrons. The lowest BCUT2D eigenvalue weighted by Crippen LogP contribution is -2.55. The third-order valence-electron chi connectivity index (χ3n) is 5.58. The lowest BCUT2D eigenvalue weighted by molar-refractivity contribution is 0.0672. The van der Waals surface area contributed by atoms with Crippen LogP contribution in [0.4, 0.5) is 0 Å². The number of para-hydroxylation sites is 1. The Kier molecular flexibility index (Phi) is 5.41. The molecular weight excluding hydrogens is 326 g/mol. The van der Waals surface area contributed by atoms with Crippen molar-refractivity contribution in [2.75, 3.05) is 20.6 Å². The van der Waals surface area contributed by atoms with Gasteiger partial charge in [-0.2, -0.15) is 9.90 Å². The van der Waals surface area contributed by atoms with E-state index in [1.54, 1.807) is 0 Å². The van der Waals surface area contributed by atoms with Crippen LogP contribution in [0.15, 0.2) is 30.3 Å². The summed E-state index contributed by atoms with van der Waals surface area (Å²) >= 11 is 0. The Labute approximate surface area is 155 Å². The van der Waals surface area contributed by atoms with Gasteiger partial charge in [-0.25, -0.2) is 0 Å². The van der Waals surface area contributed by atoms with E-state index < -0.39 is 0 Å². The summed E-state index contributed by atoms with van der Waals surface area (Å²) in [5.41, 5.74) is 1.91. The molecule has 1 saturated carbocycles. The second-order valence-electron chi connectivity index (χ2n) is 7.76. The van der Waals surface area contributed by atoms with Crippen molar-refractivity contribution in [3.8, 4) is 5.69 Å². The summed E-state index contributed by atoms with van der Waals surface area (Å²) in [5, 5.41) is 11.9. The van der Waals surface area contributed by atoms with Crippen molar-refractivity contribution in [1.82, 2.24) is 25.2 Å². The maximum absolute atomic E-state index is 12.8. The molecule has 1 aromatic heterocycles. The molecule has 0 aliphatic heterocycles. The molecule has 2 atom stereocenters. The molecule has 1 amide bonds. The molecule has 1 aliphatic carbocycles. The lowest BCUT2D eigenvalue weighted by Gasteiger charge is -2.45. The largest absolute Gasteiger partial charge is 0.349 e. The second kappa shape index (κ2) is 7.58. The SMILES string of the molecule is Cc1nn(-c2ccccc2)nc1C(=O)NC[C@]1(N(C)C)CCC[C@H](C)C1. The van der Waals surface area contributed by atoms with Crippen molar-refractivity contribution >= 4 is 5.91 Å². The van der Waals surface area contributed by atoms with Crippen molar-refractivity contribution in [2.24, 2.45) is 5.92 Å². The van der Waals surface area contributed by atoms with Gasteiger partial charge < -0.3 is 10.2 Å². The molecule has 1 fully saturated rings. The highest BCUT2D eigenvalue weighted by Gasteiger charge is 2.37. The van der Waals surface area contributed by atoms with Crippen molar-refractivity contribution < 1.29 is 4.79 Å². The standard InChI is InChI=1S/C20H29N5O/c1-15-9-8-12-20(13-15,24(3)4)14-21-19(26)18-16(2)22-25(23-18)17-10-6-5-7-11-17/h5-7,10-11,15H,8-9,12-14H2,1-4H3,(H,21,26)/t15-,20-/m0/s1. The summed E-state index contributed by atoms with van der Waals surface area (Å²) < 4.78 is 0. The Morgan fingerprint density at radius 2 is 2.04 bits per heavy atom. The molecule has 0 saturated heterocycles. The number of hydrogen-bond donors (Lipinski definition) is 1. The monoisotopic (exact) mass is 355 g/mol. The summed E-state index contributed by atoms with van der Waals surface area (Å²) in [6.07, 6.45) is 4.70. The number of nitrogens with zero attached hydrogens (tertiary/aromatic N) is 4. The highest BCUT2D eigenvalue weighted by Crippen LogP contribution is 2.35. The number of nitrogens with one attached hydrogen (secondary N) is 1. The van der Waals surface area contributed by atoms with Crippen LogP contribution in [-0.2, 0) is 0 Å². The summed E-state index contributed by atoms with van der Waals surface area (Å²) in [5.74, 6) is 0.535. The van der Waals surface area contributed by atoms with E-state index in [1.165, 1.54) is 17.6 Å². The van der Waals surface area contributed by atoms with Gasteiger partial charge in [-0.1, -0.05) is 38.0 Å². The third-order valence-corrected chi connectivity index (χ3v) is 5.58. The van der Waals surface area contributed by atoms with Gasteiger partial charge >= 0.3 is 0 Å². The Morgan fingerprint density at radius 3 is 2.69 bits per heavy atom. The maximum atomic E-state index is 12.8. The van der Waals surface area contributed by atoms with Gasteiger partial charge in [0.05, 0.1) is 11.4 Å². The zero-order chi connectivity index (χ0) is 18.7. The Hall–Kier alpha value is -2.21. The van der Waals surface area contributed by atoms with Crippen molar-refractivity contribution in [3.05, 3.63) is 41.7 Å². The number of rotatable bonds is 5. The van der Waals surface area contributed by atoms with E-state index in [-0.39, 0.29) is 11.4 Å². The summed E-state index contributed by atoms with van der Waals surface area (Å²) in [6, 6.07) is 9.65. The first-order valence-electron chi connectivity index (χ1n) is 9.36. The van der Waals surface area contributed by atoms with Gasteiger partial charge in [0.15, 0.2) is 5.69 Å². The average molecular weight is 355 g/mol. The van der Waals surface area contributed by atoms with Crippen molar-refractivity contribution in [1.29, 1.82) is 0 Å². The fraction of sp³-hybridized carbons (Fsp3) is 0.550. The Bertz CT molecular complexity index is 755. The van der Waals surface area contributed by atoms with Gasteiger partial charge in [-0.15, -0.1) is 5.10 Å². The van der Waals surface area contributed by atoms with Crippen LogP contribution in [0.3, 0.4) is 0 Å². The van der Waals surface area contributed by atoms with E-state index in [0.29, 0.717) is 23.9 Å². The minimum absolute atomic E-state index is 0.0245. The van der Waals surface area contributed by atoms with Crippen LogP contribution < -0.4 is 5.32 Å². The summed E-state index contributed by atoms with van der Waals surface area (Å²) in [6.45, 7) is 4.77. The topological polar surface area (TPSA) is 63.1 Å². The van der Waals surface area contributed by atoms with Crippen LogP contribution in [0, 0.1) is 12.8 Å².